The first-order valence-corrected chi connectivity index (χ1v) is 8.04. The molecule has 2 aromatic carbocycles. The highest BCUT2D eigenvalue weighted by atomic mass is 79.9. The molecule has 0 aliphatic carbocycles. The fraction of sp³-hybridized carbons (Fsp3) is 0.235. The lowest BCUT2D eigenvalue weighted by molar-refractivity contribution is -0.119. The Bertz CT molecular complexity index is 726. The standard InChI is InChI=1S/C17H15BrClNO/c1-17(2)13-9-11(6-7-14(13)20-16(17)21)15(18)10-4-3-5-12(19)8-10/h3-9,15H,1-2H3,(H,20,21). The second-order valence-electron chi connectivity index (χ2n) is 5.80. The molecule has 0 spiro atoms. The van der Waals surface area contributed by atoms with Crippen molar-refractivity contribution in [3.05, 3.63) is 64.2 Å². The maximum Gasteiger partial charge on any atom is 0.234 e. The Morgan fingerprint density at radius 2 is 1.86 bits per heavy atom. The highest BCUT2D eigenvalue weighted by Gasteiger charge is 2.38. The minimum atomic E-state index is -0.494. The van der Waals surface area contributed by atoms with Crippen LogP contribution in [0.2, 0.25) is 5.02 Å². The highest BCUT2D eigenvalue weighted by Crippen LogP contribution is 2.41. The van der Waals surface area contributed by atoms with Gasteiger partial charge in [-0.1, -0.05) is 51.8 Å². The number of hydrogen-bond donors (Lipinski definition) is 1. The lowest BCUT2D eigenvalue weighted by Crippen LogP contribution is -2.26. The quantitative estimate of drug-likeness (QED) is 0.742. The SMILES string of the molecule is CC1(C)C(=O)Nc2ccc(C(Br)c3cccc(Cl)c3)cc21. The van der Waals surface area contributed by atoms with Crippen molar-refractivity contribution in [3.8, 4) is 0 Å². The van der Waals surface area contributed by atoms with Crippen LogP contribution in [0.1, 0.15) is 35.4 Å². The van der Waals surface area contributed by atoms with E-state index in [0.29, 0.717) is 0 Å². The summed E-state index contributed by atoms with van der Waals surface area (Å²) in [6.07, 6.45) is 0. The van der Waals surface area contributed by atoms with Crippen LogP contribution >= 0.6 is 27.5 Å². The van der Waals surface area contributed by atoms with E-state index in [1.54, 1.807) is 0 Å². The summed E-state index contributed by atoms with van der Waals surface area (Å²) in [4.78, 5) is 12.1. The fourth-order valence-corrected chi connectivity index (χ4v) is 3.37. The minimum absolute atomic E-state index is 0.0449. The lowest BCUT2D eigenvalue weighted by Gasteiger charge is -2.18. The van der Waals surface area contributed by atoms with E-state index in [9.17, 15) is 4.79 Å². The van der Waals surface area contributed by atoms with Crippen molar-refractivity contribution in [2.75, 3.05) is 5.32 Å². The number of benzene rings is 2. The summed E-state index contributed by atoms with van der Waals surface area (Å²) in [5.74, 6) is 0.0449. The van der Waals surface area contributed by atoms with Crippen LogP contribution < -0.4 is 5.32 Å². The first kappa shape index (κ1) is 14.6. The van der Waals surface area contributed by atoms with Crippen molar-refractivity contribution < 1.29 is 4.79 Å². The summed E-state index contributed by atoms with van der Waals surface area (Å²) >= 11 is 9.78. The van der Waals surface area contributed by atoms with E-state index in [4.69, 9.17) is 11.6 Å². The van der Waals surface area contributed by atoms with Gasteiger partial charge in [-0.15, -0.1) is 0 Å². The number of amides is 1. The van der Waals surface area contributed by atoms with Gasteiger partial charge in [-0.05, 0) is 48.7 Å². The minimum Gasteiger partial charge on any atom is -0.325 e. The second kappa shape index (κ2) is 5.15. The third-order valence-electron chi connectivity index (χ3n) is 3.97. The molecule has 1 atom stereocenters. The monoisotopic (exact) mass is 363 g/mol. The Labute approximate surface area is 137 Å². The van der Waals surface area contributed by atoms with Crippen molar-refractivity contribution in [1.82, 2.24) is 0 Å². The zero-order valence-electron chi connectivity index (χ0n) is 11.8. The molecule has 108 valence electrons. The molecule has 0 saturated heterocycles. The summed E-state index contributed by atoms with van der Waals surface area (Å²) < 4.78 is 0. The summed E-state index contributed by atoms with van der Waals surface area (Å²) in [6, 6.07) is 13.9. The first-order chi connectivity index (χ1) is 9.89. The molecule has 1 amide bonds. The number of nitrogens with one attached hydrogen (secondary N) is 1. The Kier molecular flexibility index (Phi) is 3.58. The van der Waals surface area contributed by atoms with Gasteiger partial charge < -0.3 is 5.32 Å². The third-order valence-corrected chi connectivity index (χ3v) is 5.26. The van der Waals surface area contributed by atoms with Crippen molar-refractivity contribution in [2.24, 2.45) is 0 Å². The Morgan fingerprint density at radius 3 is 2.57 bits per heavy atom. The molecule has 21 heavy (non-hydrogen) atoms. The van der Waals surface area contributed by atoms with Gasteiger partial charge in [0.05, 0.1) is 10.2 Å². The van der Waals surface area contributed by atoms with Gasteiger partial charge in [0.2, 0.25) is 5.91 Å². The lowest BCUT2D eigenvalue weighted by atomic mass is 9.85. The van der Waals surface area contributed by atoms with Crippen LogP contribution in [0.5, 0.6) is 0 Å². The molecule has 1 heterocycles. The van der Waals surface area contributed by atoms with E-state index in [-0.39, 0.29) is 10.7 Å². The fourth-order valence-electron chi connectivity index (χ4n) is 2.60. The van der Waals surface area contributed by atoms with Gasteiger partial charge in [-0.2, -0.15) is 0 Å². The Balaban J connectivity index is 2.02. The summed E-state index contributed by atoms with van der Waals surface area (Å²) in [6.45, 7) is 3.89. The number of rotatable bonds is 2. The van der Waals surface area contributed by atoms with E-state index >= 15 is 0 Å². The molecule has 3 rings (SSSR count). The number of anilines is 1. The smallest absolute Gasteiger partial charge is 0.234 e. The van der Waals surface area contributed by atoms with Gasteiger partial charge in [0.1, 0.15) is 0 Å². The molecule has 0 fully saturated rings. The van der Waals surface area contributed by atoms with Crippen LogP contribution in [0.3, 0.4) is 0 Å². The molecule has 0 bridgehead atoms. The number of carbonyl (C=O) groups excluding carboxylic acids is 1. The zero-order valence-corrected chi connectivity index (χ0v) is 14.1. The van der Waals surface area contributed by atoms with E-state index in [1.807, 2.05) is 50.2 Å². The zero-order chi connectivity index (χ0) is 15.2. The van der Waals surface area contributed by atoms with Gasteiger partial charge in [0, 0.05) is 10.7 Å². The van der Waals surface area contributed by atoms with Gasteiger partial charge in [0.25, 0.3) is 0 Å². The molecule has 4 heteroatoms. The third kappa shape index (κ3) is 2.49. The van der Waals surface area contributed by atoms with E-state index in [0.717, 1.165) is 27.4 Å². The van der Waals surface area contributed by atoms with Crippen LogP contribution in [0.15, 0.2) is 42.5 Å². The van der Waals surface area contributed by atoms with Crippen molar-refractivity contribution in [2.45, 2.75) is 24.1 Å². The molecule has 1 N–H and O–H groups in total. The Morgan fingerprint density at radius 1 is 1.14 bits per heavy atom. The molecule has 1 aliphatic rings. The predicted octanol–water partition coefficient (Wildman–Crippen LogP) is 5.05. The molecule has 1 aliphatic heterocycles. The van der Waals surface area contributed by atoms with Gasteiger partial charge in [-0.3, -0.25) is 4.79 Å². The van der Waals surface area contributed by atoms with Gasteiger partial charge >= 0.3 is 0 Å². The summed E-state index contributed by atoms with van der Waals surface area (Å²) in [5, 5.41) is 3.65. The maximum absolute atomic E-state index is 12.0. The number of fused-ring (bicyclic) bond motifs is 1. The van der Waals surface area contributed by atoms with Gasteiger partial charge in [0.15, 0.2) is 0 Å². The van der Waals surface area contributed by atoms with E-state index in [2.05, 4.69) is 27.3 Å². The molecular formula is C17H15BrClNO. The number of halogens is 2. The van der Waals surface area contributed by atoms with Crippen molar-refractivity contribution in [1.29, 1.82) is 0 Å². The summed E-state index contributed by atoms with van der Waals surface area (Å²) in [7, 11) is 0. The second-order valence-corrected chi connectivity index (χ2v) is 7.15. The highest BCUT2D eigenvalue weighted by molar-refractivity contribution is 9.09. The summed E-state index contributed by atoms with van der Waals surface area (Å²) in [5.41, 5.74) is 3.65. The average molecular weight is 365 g/mol. The first-order valence-electron chi connectivity index (χ1n) is 6.75. The maximum atomic E-state index is 12.0. The largest absolute Gasteiger partial charge is 0.325 e. The normalized spacial score (nSPS) is 17.2. The molecule has 0 aromatic heterocycles. The van der Waals surface area contributed by atoms with Crippen LogP contribution in [0.4, 0.5) is 5.69 Å². The number of alkyl halides is 1. The number of hydrogen-bond acceptors (Lipinski definition) is 1. The molecule has 0 saturated carbocycles. The van der Waals surface area contributed by atoms with Crippen molar-refractivity contribution in [3.63, 3.8) is 0 Å². The number of carbonyl (C=O) groups is 1. The molecule has 2 aromatic rings. The van der Waals surface area contributed by atoms with E-state index < -0.39 is 5.41 Å². The van der Waals surface area contributed by atoms with Crippen molar-refractivity contribution >= 4 is 39.1 Å². The molecule has 1 unspecified atom stereocenters. The van der Waals surface area contributed by atoms with Crippen LogP contribution in [0.25, 0.3) is 0 Å². The molecule has 2 nitrogen and oxygen atoms in total. The van der Waals surface area contributed by atoms with E-state index in [1.165, 1.54) is 0 Å². The molecule has 0 radical (unpaired) electrons. The van der Waals surface area contributed by atoms with Crippen LogP contribution in [0, 0.1) is 0 Å². The predicted molar refractivity (Wildman–Crippen MR) is 90.3 cm³/mol. The topological polar surface area (TPSA) is 29.1 Å². The van der Waals surface area contributed by atoms with Gasteiger partial charge in [-0.25, -0.2) is 0 Å². The molecular weight excluding hydrogens is 350 g/mol. The Hall–Kier alpha value is -1.32. The average Bonchev–Trinajstić information content (AvgIpc) is 2.68. The van der Waals surface area contributed by atoms with Crippen LogP contribution in [-0.4, -0.2) is 5.91 Å². The van der Waals surface area contributed by atoms with Crippen LogP contribution in [-0.2, 0) is 10.2 Å².